The van der Waals surface area contributed by atoms with E-state index < -0.39 is 5.60 Å². The van der Waals surface area contributed by atoms with Gasteiger partial charge in [-0.2, -0.15) is 12.6 Å². The third-order valence-electron chi connectivity index (χ3n) is 5.85. The summed E-state index contributed by atoms with van der Waals surface area (Å²) >= 11 is 4.66. The van der Waals surface area contributed by atoms with Gasteiger partial charge in [-0.1, -0.05) is 30.4 Å². The van der Waals surface area contributed by atoms with Crippen molar-refractivity contribution in [3.63, 3.8) is 0 Å². The molecule has 1 N–H and O–H groups in total. The molecule has 1 aliphatic rings. The predicted octanol–water partition coefficient (Wildman–Crippen LogP) is 3.71. The first kappa shape index (κ1) is 24.0. The Labute approximate surface area is 181 Å². The molecule has 29 heavy (non-hydrogen) atoms. The predicted molar refractivity (Wildman–Crippen MR) is 123 cm³/mol. The first-order valence-corrected chi connectivity index (χ1v) is 10.8. The number of benzene rings is 1. The summed E-state index contributed by atoms with van der Waals surface area (Å²) < 4.78 is 10.9. The number of thiol groups is 1. The molecule has 1 aromatic carbocycles. The number of hydrogen-bond donors (Lipinski definition) is 2. The zero-order valence-electron chi connectivity index (χ0n) is 18.3. The van der Waals surface area contributed by atoms with E-state index in [0.717, 1.165) is 30.3 Å². The molecule has 1 heterocycles. The Morgan fingerprint density at radius 1 is 1.34 bits per heavy atom. The van der Waals surface area contributed by atoms with Crippen LogP contribution < -0.4 is 5.46 Å². The maximum absolute atomic E-state index is 11.7. The van der Waals surface area contributed by atoms with Crippen molar-refractivity contribution in [1.29, 1.82) is 0 Å². The molecule has 159 valence electrons. The second-order valence-electron chi connectivity index (χ2n) is 8.91. The second-order valence-corrected chi connectivity index (χ2v) is 10.0. The molecular formula is C23H34BO4S. The number of hydrogen-bond acceptors (Lipinski definition) is 5. The number of esters is 1. The minimum Gasteiger partial charge on any atom is -0.460 e. The van der Waals surface area contributed by atoms with E-state index in [1.807, 2.05) is 48.2 Å². The van der Waals surface area contributed by atoms with Gasteiger partial charge in [-0.25, -0.2) is 0 Å². The van der Waals surface area contributed by atoms with Gasteiger partial charge in [0.05, 0.1) is 12.2 Å². The van der Waals surface area contributed by atoms with Crippen molar-refractivity contribution in [3.8, 4) is 0 Å². The molecule has 0 spiro atoms. The van der Waals surface area contributed by atoms with E-state index >= 15 is 0 Å². The summed E-state index contributed by atoms with van der Waals surface area (Å²) in [6.45, 7) is 10.1. The summed E-state index contributed by atoms with van der Waals surface area (Å²) in [4.78, 5) is 11.7. The van der Waals surface area contributed by atoms with Gasteiger partial charge in [-0.3, -0.25) is 4.79 Å². The van der Waals surface area contributed by atoms with Crippen LogP contribution in [0.15, 0.2) is 24.3 Å². The molecule has 1 saturated heterocycles. The monoisotopic (exact) mass is 417 g/mol. The minimum absolute atomic E-state index is 0.0996. The largest absolute Gasteiger partial charge is 0.460 e. The van der Waals surface area contributed by atoms with E-state index in [-0.39, 0.29) is 29.3 Å². The zero-order chi connectivity index (χ0) is 21.7. The van der Waals surface area contributed by atoms with Crippen LogP contribution in [0.1, 0.15) is 65.0 Å². The molecule has 2 rings (SSSR count). The number of carbonyl (C=O) groups excluding carboxylic acids is 1. The van der Waals surface area contributed by atoms with Crippen molar-refractivity contribution in [2.75, 3.05) is 6.61 Å². The summed E-state index contributed by atoms with van der Waals surface area (Å²) in [5.74, 6) is 0.0540. The second kappa shape index (κ2) is 10.2. The van der Waals surface area contributed by atoms with E-state index in [9.17, 15) is 9.90 Å². The quantitative estimate of drug-likeness (QED) is 0.365. The van der Waals surface area contributed by atoms with Crippen LogP contribution in [0, 0.1) is 5.92 Å². The number of ether oxygens (including phenoxy) is 1. The Kier molecular flexibility index (Phi) is 8.44. The molecule has 0 aliphatic carbocycles. The third kappa shape index (κ3) is 6.90. The van der Waals surface area contributed by atoms with Gasteiger partial charge in [-0.15, -0.1) is 0 Å². The molecule has 6 heteroatoms. The number of aliphatic hydroxyl groups is 1. The molecule has 1 aromatic rings. The lowest BCUT2D eigenvalue weighted by molar-refractivity contribution is -0.159. The normalized spacial score (nSPS) is 20.7. The van der Waals surface area contributed by atoms with Crippen molar-refractivity contribution in [1.82, 2.24) is 0 Å². The number of allylic oxidation sites excluding steroid dienone is 1. The standard InChI is InChI=1S/C23H34BO4S/c1-6-7-18-12-16(8-9-17-13-19(15-25)27-21(26)14-17)10-11-20(18)24-28-22(2,3)23(4,5)29/h6-7,10-12,17,19,25,29H,8-9,13-15H2,1-5H3/b7-6+/t17?,19-/m1/s1. The Morgan fingerprint density at radius 3 is 2.69 bits per heavy atom. The minimum atomic E-state index is -0.416. The van der Waals surface area contributed by atoms with Crippen LogP contribution in [-0.4, -0.2) is 41.6 Å². The van der Waals surface area contributed by atoms with Crippen LogP contribution in [0.5, 0.6) is 0 Å². The van der Waals surface area contributed by atoms with Crippen LogP contribution in [0.25, 0.3) is 6.08 Å². The highest BCUT2D eigenvalue weighted by Gasteiger charge is 2.34. The number of rotatable bonds is 9. The average Bonchev–Trinajstić information content (AvgIpc) is 2.64. The van der Waals surface area contributed by atoms with Crippen LogP contribution in [0.2, 0.25) is 0 Å². The number of cyclic esters (lactones) is 1. The Bertz CT molecular complexity index is 724. The van der Waals surface area contributed by atoms with Gasteiger partial charge >= 0.3 is 13.5 Å². The first-order chi connectivity index (χ1) is 13.6. The Morgan fingerprint density at radius 2 is 2.07 bits per heavy atom. The Hall–Kier alpha value is -1.24. The molecular weight excluding hydrogens is 383 g/mol. The molecule has 2 atom stereocenters. The highest BCUT2D eigenvalue weighted by Crippen LogP contribution is 2.30. The molecule has 4 nitrogen and oxygen atoms in total. The topological polar surface area (TPSA) is 55.8 Å². The van der Waals surface area contributed by atoms with Crippen molar-refractivity contribution in [2.45, 2.75) is 76.8 Å². The van der Waals surface area contributed by atoms with Gasteiger partial charge in [0.2, 0.25) is 0 Å². The van der Waals surface area contributed by atoms with E-state index in [0.29, 0.717) is 6.42 Å². The van der Waals surface area contributed by atoms with E-state index in [4.69, 9.17) is 9.39 Å². The molecule has 0 aromatic heterocycles. The number of aliphatic hydroxyl groups excluding tert-OH is 1. The summed E-state index contributed by atoms with van der Waals surface area (Å²) in [5, 5.41) is 9.29. The van der Waals surface area contributed by atoms with Gasteiger partial charge < -0.3 is 14.5 Å². The highest BCUT2D eigenvalue weighted by molar-refractivity contribution is 7.81. The van der Waals surface area contributed by atoms with Crippen LogP contribution in [0.3, 0.4) is 0 Å². The maximum Gasteiger partial charge on any atom is 0.331 e. The fourth-order valence-corrected chi connectivity index (χ4v) is 3.29. The van der Waals surface area contributed by atoms with Crippen molar-refractivity contribution in [2.24, 2.45) is 5.92 Å². The van der Waals surface area contributed by atoms with E-state index in [1.165, 1.54) is 5.56 Å². The van der Waals surface area contributed by atoms with Gasteiger partial charge in [0.15, 0.2) is 0 Å². The molecule has 0 saturated carbocycles. The smallest absolute Gasteiger partial charge is 0.331 e. The summed E-state index contributed by atoms with van der Waals surface area (Å²) in [7, 11) is 1.82. The molecule has 1 radical (unpaired) electrons. The van der Waals surface area contributed by atoms with Crippen LogP contribution in [0.4, 0.5) is 0 Å². The SMILES string of the molecule is C/C=C/c1cc(CCC2CC(=O)O[C@@H](CO)C2)ccc1[B]OC(C)(C)C(C)(C)S. The fraction of sp³-hybridized carbons (Fsp3) is 0.609. The lowest BCUT2D eigenvalue weighted by atomic mass is 9.80. The first-order valence-electron chi connectivity index (χ1n) is 10.3. The van der Waals surface area contributed by atoms with Gasteiger partial charge in [-0.05, 0) is 76.4 Å². The van der Waals surface area contributed by atoms with E-state index in [2.05, 4.69) is 36.9 Å². The fourth-order valence-electron chi connectivity index (χ4n) is 3.24. The van der Waals surface area contributed by atoms with Crippen molar-refractivity contribution in [3.05, 3.63) is 35.4 Å². The molecule has 1 aliphatic heterocycles. The van der Waals surface area contributed by atoms with Crippen LogP contribution in [-0.2, 0) is 20.6 Å². The average molecular weight is 417 g/mol. The lowest BCUT2D eigenvalue weighted by Gasteiger charge is -2.38. The third-order valence-corrected chi connectivity index (χ3v) is 6.38. The van der Waals surface area contributed by atoms with Gasteiger partial charge in [0, 0.05) is 11.2 Å². The number of carbonyl (C=O) groups is 1. The van der Waals surface area contributed by atoms with Crippen LogP contribution >= 0.6 is 12.6 Å². The van der Waals surface area contributed by atoms with Gasteiger partial charge in [0.1, 0.15) is 6.10 Å². The maximum atomic E-state index is 11.7. The zero-order valence-corrected chi connectivity index (χ0v) is 19.2. The lowest BCUT2D eigenvalue weighted by Crippen LogP contribution is -2.46. The highest BCUT2D eigenvalue weighted by atomic mass is 32.1. The van der Waals surface area contributed by atoms with Crippen molar-refractivity contribution < 1.29 is 19.3 Å². The Balaban J connectivity index is 2.04. The number of aryl methyl sites for hydroxylation is 1. The summed E-state index contributed by atoms with van der Waals surface area (Å²) in [6, 6.07) is 6.38. The van der Waals surface area contributed by atoms with Crippen molar-refractivity contribution >= 4 is 37.6 Å². The summed E-state index contributed by atoms with van der Waals surface area (Å²) in [5.41, 5.74) is 2.94. The van der Waals surface area contributed by atoms with Gasteiger partial charge in [0.25, 0.3) is 0 Å². The van der Waals surface area contributed by atoms with E-state index in [1.54, 1.807) is 0 Å². The molecule has 1 fully saturated rings. The summed E-state index contributed by atoms with van der Waals surface area (Å²) in [6.07, 6.45) is 6.71. The molecule has 0 bridgehead atoms. The molecule has 0 amide bonds. The molecule has 1 unspecified atom stereocenters.